The van der Waals surface area contributed by atoms with Gasteiger partial charge < -0.3 is 14.5 Å². The number of amides is 2. The van der Waals surface area contributed by atoms with E-state index in [-0.39, 0.29) is 18.4 Å². The fourth-order valence-electron chi connectivity index (χ4n) is 5.64. The average molecular weight is 488 g/mol. The fraction of sp³-hybridized carbons (Fsp3) is 0.630. The Balaban J connectivity index is 1.21. The minimum absolute atomic E-state index is 0.00282. The molecule has 2 amide bonds. The number of rotatable bonds is 9. The fourth-order valence-corrected chi connectivity index (χ4v) is 5.77. The van der Waals surface area contributed by atoms with Gasteiger partial charge in [0, 0.05) is 57.3 Å². The molecule has 1 aliphatic heterocycles. The zero-order valence-corrected chi connectivity index (χ0v) is 21.5. The first-order valence-electron chi connectivity index (χ1n) is 12.6. The number of fused-ring (bicyclic) bond motifs is 1. The molecule has 6 nitrogen and oxygen atoms in total. The largest absolute Gasteiger partial charge is 0.484 e. The lowest BCUT2D eigenvalue weighted by Gasteiger charge is -2.57. The first-order chi connectivity index (χ1) is 16.3. The molecule has 2 fully saturated rings. The van der Waals surface area contributed by atoms with Crippen LogP contribution < -0.4 is 4.74 Å². The van der Waals surface area contributed by atoms with Gasteiger partial charge in [-0.25, -0.2) is 0 Å². The van der Waals surface area contributed by atoms with Crippen LogP contribution >= 0.6 is 11.6 Å². The number of halogens is 1. The monoisotopic (exact) mass is 487 g/mol. The molecule has 1 heterocycles. The van der Waals surface area contributed by atoms with Crippen molar-refractivity contribution in [3.8, 4) is 5.75 Å². The number of benzene rings is 1. The molecule has 0 N–H and O–H groups in total. The van der Waals surface area contributed by atoms with Gasteiger partial charge in [-0.15, -0.1) is 0 Å². The zero-order valence-electron chi connectivity index (χ0n) is 20.8. The lowest BCUT2D eigenvalue weighted by atomic mass is 9.49. The molecule has 0 radical (unpaired) electrons. The Bertz CT molecular complexity index is 906. The quantitative estimate of drug-likeness (QED) is 0.492. The summed E-state index contributed by atoms with van der Waals surface area (Å²) in [5.41, 5.74) is 1.84. The second-order valence-electron chi connectivity index (χ2n) is 10.5. The van der Waals surface area contributed by atoms with Crippen LogP contribution in [0.4, 0.5) is 0 Å². The summed E-state index contributed by atoms with van der Waals surface area (Å²) < 4.78 is 5.61. The van der Waals surface area contributed by atoms with Gasteiger partial charge >= 0.3 is 0 Å². The van der Waals surface area contributed by atoms with E-state index in [9.17, 15) is 9.59 Å². The minimum Gasteiger partial charge on any atom is -0.484 e. The first kappa shape index (κ1) is 25.1. The molecule has 1 aromatic rings. The van der Waals surface area contributed by atoms with Crippen molar-refractivity contribution < 1.29 is 14.3 Å². The number of carbonyl (C=O) groups is 2. The van der Waals surface area contributed by atoms with E-state index in [2.05, 4.69) is 29.7 Å². The van der Waals surface area contributed by atoms with Crippen LogP contribution in [0.2, 0.25) is 5.02 Å². The van der Waals surface area contributed by atoms with Crippen molar-refractivity contribution >= 4 is 23.4 Å². The van der Waals surface area contributed by atoms with Crippen molar-refractivity contribution in [1.82, 2.24) is 14.7 Å². The molecule has 7 heteroatoms. The highest BCUT2D eigenvalue weighted by molar-refractivity contribution is 6.30. The van der Waals surface area contributed by atoms with Crippen LogP contribution in [0.15, 0.2) is 35.9 Å². The number of carbonyl (C=O) groups excluding carboxylic acids is 2. The molecular formula is C27H38ClN3O3. The molecule has 5 rings (SSSR count). The molecule has 1 aromatic carbocycles. The summed E-state index contributed by atoms with van der Waals surface area (Å²) in [5, 5.41) is 0.644. The molecule has 2 unspecified atom stereocenters. The van der Waals surface area contributed by atoms with E-state index in [4.69, 9.17) is 16.3 Å². The second kappa shape index (κ2) is 10.7. The Morgan fingerprint density at radius 2 is 1.85 bits per heavy atom. The minimum atomic E-state index is 0.00282. The third-order valence-electron chi connectivity index (χ3n) is 8.20. The Morgan fingerprint density at radius 1 is 1.15 bits per heavy atom. The van der Waals surface area contributed by atoms with Crippen molar-refractivity contribution in [2.24, 2.45) is 17.3 Å². The Hall–Kier alpha value is -2.05. The summed E-state index contributed by atoms with van der Waals surface area (Å²) in [5.74, 6) is 2.32. The van der Waals surface area contributed by atoms with Gasteiger partial charge in [0.05, 0.1) is 0 Å². The van der Waals surface area contributed by atoms with Crippen LogP contribution in [0.25, 0.3) is 0 Å². The molecule has 3 aliphatic carbocycles. The normalized spacial score (nSPS) is 23.6. The molecule has 0 spiro atoms. The van der Waals surface area contributed by atoms with Crippen molar-refractivity contribution in [2.75, 3.05) is 52.4 Å². The molecule has 186 valence electrons. The second-order valence-corrected chi connectivity index (χ2v) is 10.9. The number of ether oxygens (including phenoxy) is 1. The van der Waals surface area contributed by atoms with Crippen LogP contribution in [0, 0.1) is 17.3 Å². The number of allylic oxidation sites excluding steroid dienone is 1. The molecule has 2 bridgehead atoms. The Morgan fingerprint density at radius 3 is 2.47 bits per heavy atom. The van der Waals surface area contributed by atoms with Crippen LogP contribution in [0.1, 0.15) is 40.0 Å². The number of piperazine rings is 1. The maximum Gasteiger partial charge on any atom is 0.260 e. The number of hydrogen-bond acceptors (Lipinski definition) is 4. The highest BCUT2D eigenvalue weighted by Gasteiger charge is 2.51. The molecule has 2 atom stereocenters. The summed E-state index contributed by atoms with van der Waals surface area (Å²) in [7, 11) is 0. The van der Waals surface area contributed by atoms with Crippen LogP contribution in [0.5, 0.6) is 5.75 Å². The standard InChI is InChI=1S/C27H38ClN3O3/c1-4-25(32)31(18-20-5-6-21-17-24(20)27(21,2)3)16-13-29-11-14-30(15-12-29)26(33)19-34-23-9-7-22(28)8-10-23/h5,7-10,21,24H,4,6,11-19H2,1-3H3. The van der Waals surface area contributed by atoms with E-state index < -0.39 is 0 Å². The summed E-state index contributed by atoms with van der Waals surface area (Å²) in [6.07, 6.45) is 5.38. The summed E-state index contributed by atoms with van der Waals surface area (Å²) in [4.78, 5) is 31.5. The lowest BCUT2D eigenvalue weighted by molar-refractivity contribution is -0.135. The average Bonchev–Trinajstić information content (AvgIpc) is 2.85. The van der Waals surface area contributed by atoms with Gasteiger partial charge in [0.15, 0.2) is 6.61 Å². The van der Waals surface area contributed by atoms with Crippen LogP contribution in [-0.4, -0.2) is 78.9 Å². The SMILES string of the molecule is CCC(=O)N(CCN1CCN(C(=O)COc2ccc(Cl)cc2)CC1)CC1=CCC2CC1C2(C)C. The Kier molecular flexibility index (Phi) is 7.88. The van der Waals surface area contributed by atoms with Crippen molar-refractivity contribution in [3.05, 3.63) is 40.9 Å². The summed E-state index contributed by atoms with van der Waals surface area (Å²) >= 11 is 5.89. The number of hydrogen-bond donors (Lipinski definition) is 0. The van der Waals surface area contributed by atoms with Gasteiger partial charge in [-0.1, -0.05) is 44.0 Å². The molecular weight excluding hydrogens is 450 g/mol. The van der Waals surface area contributed by atoms with Gasteiger partial charge in [-0.3, -0.25) is 14.5 Å². The number of nitrogens with zero attached hydrogens (tertiary/aromatic N) is 3. The van der Waals surface area contributed by atoms with E-state index in [0.717, 1.165) is 45.1 Å². The zero-order chi connectivity index (χ0) is 24.3. The van der Waals surface area contributed by atoms with Gasteiger partial charge in [0.25, 0.3) is 5.91 Å². The van der Waals surface area contributed by atoms with Gasteiger partial charge in [-0.2, -0.15) is 0 Å². The van der Waals surface area contributed by atoms with E-state index in [1.165, 1.54) is 12.0 Å². The molecule has 1 saturated heterocycles. The summed E-state index contributed by atoms with van der Waals surface area (Å²) in [6, 6.07) is 7.04. The van der Waals surface area contributed by atoms with Crippen molar-refractivity contribution in [3.63, 3.8) is 0 Å². The first-order valence-corrected chi connectivity index (χ1v) is 13.0. The van der Waals surface area contributed by atoms with Gasteiger partial charge in [0.1, 0.15) is 5.75 Å². The van der Waals surface area contributed by atoms with E-state index in [1.807, 2.05) is 11.8 Å². The smallest absolute Gasteiger partial charge is 0.260 e. The summed E-state index contributed by atoms with van der Waals surface area (Å²) in [6.45, 7) is 12.1. The topological polar surface area (TPSA) is 53.1 Å². The van der Waals surface area contributed by atoms with Crippen LogP contribution in [-0.2, 0) is 9.59 Å². The predicted octanol–water partition coefficient (Wildman–Crippen LogP) is 4.09. The van der Waals surface area contributed by atoms with E-state index in [1.54, 1.807) is 24.3 Å². The molecule has 0 aromatic heterocycles. The maximum atomic E-state index is 12.7. The third-order valence-corrected chi connectivity index (χ3v) is 8.45. The van der Waals surface area contributed by atoms with E-state index in [0.29, 0.717) is 41.6 Å². The van der Waals surface area contributed by atoms with E-state index >= 15 is 0 Å². The third kappa shape index (κ3) is 5.60. The highest BCUT2D eigenvalue weighted by atomic mass is 35.5. The predicted molar refractivity (Wildman–Crippen MR) is 135 cm³/mol. The maximum absolute atomic E-state index is 12.7. The van der Waals surface area contributed by atoms with Crippen LogP contribution in [0.3, 0.4) is 0 Å². The highest BCUT2D eigenvalue weighted by Crippen LogP contribution is 2.59. The Labute approximate surface area is 208 Å². The molecule has 4 aliphatic rings. The van der Waals surface area contributed by atoms with Crippen molar-refractivity contribution in [2.45, 2.75) is 40.0 Å². The molecule has 1 saturated carbocycles. The van der Waals surface area contributed by atoms with Gasteiger partial charge in [0.2, 0.25) is 5.91 Å². The molecule has 34 heavy (non-hydrogen) atoms. The van der Waals surface area contributed by atoms with Crippen molar-refractivity contribution in [1.29, 1.82) is 0 Å². The van der Waals surface area contributed by atoms with Gasteiger partial charge in [-0.05, 0) is 54.4 Å². The lowest BCUT2D eigenvalue weighted by Crippen LogP contribution is -2.52.